The van der Waals surface area contributed by atoms with E-state index < -0.39 is 0 Å². The van der Waals surface area contributed by atoms with E-state index in [1.807, 2.05) is 77.8 Å². The van der Waals surface area contributed by atoms with E-state index in [2.05, 4.69) is 16.0 Å². The Hall–Kier alpha value is -3.35. The summed E-state index contributed by atoms with van der Waals surface area (Å²) in [6.45, 7) is 4.00. The van der Waals surface area contributed by atoms with Gasteiger partial charge in [0.2, 0.25) is 0 Å². The van der Waals surface area contributed by atoms with Crippen LogP contribution < -0.4 is 0 Å². The van der Waals surface area contributed by atoms with Crippen LogP contribution in [-0.2, 0) is 6.54 Å². The molecule has 1 aliphatic rings. The molecule has 0 aliphatic carbocycles. The van der Waals surface area contributed by atoms with Gasteiger partial charge in [-0.25, -0.2) is 4.98 Å². The van der Waals surface area contributed by atoms with Crippen LogP contribution in [0.15, 0.2) is 85.2 Å². The van der Waals surface area contributed by atoms with Crippen molar-refractivity contribution in [2.24, 2.45) is 0 Å². The van der Waals surface area contributed by atoms with Gasteiger partial charge in [-0.3, -0.25) is 14.7 Å². The first-order valence-corrected chi connectivity index (χ1v) is 11.6. The van der Waals surface area contributed by atoms with Gasteiger partial charge in [0.15, 0.2) is 0 Å². The Morgan fingerprint density at radius 2 is 1.53 bits per heavy atom. The number of nitrogens with zero attached hydrogens (tertiary/aromatic N) is 4. The van der Waals surface area contributed by atoms with E-state index in [0.717, 1.165) is 46.3 Å². The summed E-state index contributed by atoms with van der Waals surface area (Å²) < 4.78 is 0. The molecule has 3 heterocycles. The Kier molecular flexibility index (Phi) is 6.05. The summed E-state index contributed by atoms with van der Waals surface area (Å²) in [5.41, 5.74) is 3.99. The van der Waals surface area contributed by atoms with E-state index in [0.29, 0.717) is 13.1 Å². The number of thiazole rings is 1. The van der Waals surface area contributed by atoms with E-state index in [1.165, 1.54) is 16.9 Å². The number of carbonyl (C=O) groups is 1. The van der Waals surface area contributed by atoms with Crippen molar-refractivity contribution in [3.63, 3.8) is 0 Å². The highest BCUT2D eigenvalue weighted by Crippen LogP contribution is 2.34. The van der Waals surface area contributed by atoms with Crippen LogP contribution in [0.1, 0.15) is 15.2 Å². The van der Waals surface area contributed by atoms with Gasteiger partial charge in [0.25, 0.3) is 5.91 Å². The fourth-order valence-electron chi connectivity index (χ4n) is 3.96. The Morgan fingerprint density at radius 1 is 0.844 bits per heavy atom. The number of hydrogen-bond donors (Lipinski definition) is 0. The first kappa shape index (κ1) is 20.5. The number of piperazine rings is 1. The van der Waals surface area contributed by atoms with Crippen molar-refractivity contribution in [3.05, 3.63) is 95.6 Å². The largest absolute Gasteiger partial charge is 0.335 e. The van der Waals surface area contributed by atoms with Gasteiger partial charge in [-0.1, -0.05) is 66.7 Å². The molecule has 5 nitrogen and oxygen atoms in total. The molecule has 0 atom stereocenters. The maximum Gasteiger partial charge on any atom is 0.266 e. The Labute approximate surface area is 192 Å². The summed E-state index contributed by atoms with van der Waals surface area (Å²) in [5, 5.41) is 0.878. The average molecular weight is 441 g/mol. The molecule has 32 heavy (non-hydrogen) atoms. The second-order valence-corrected chi connectivity index (χ2v) is 8.86. The molecule has 4 aromatic rings. The summed E-state index contributed by atoms with van der Waals surface area (Å²) in [4.78, 5) is 27.7. The van der Waals surface area contributed by atoms with Gasteiger partial charge in [0.05, 0.1) is 5.69 Å². The maximum absolute atomic E-state index is 13.6. The summed E-state index contributed by atoms with van der Waals surface area (Å²) in [6, 6.07) is 24.1. The molecule has 0 unspecified atom stereocenters. The van der Waals surface area contributed by atoms with Crippen molar-refractivity contribution in [2.45, 2.75) is 6.54 Å². The molecule has 1 amide bonds. The SMILES string of the molecule is O=C(c1sc(-c2ccccc2)nc1-c1ccccc1)N1CCN(Cc2cccnc2)CC1. The third-order valence-electron chi connectivity index (χ3n) is 5.68. The van der Waals surface area contributed by atoms with Gasteiger partial charge in [0, 0.05) is 56.2 Å². The lowest BCUT2D eigenvalue weighted by Crippen LogP contribution is -2.48. The van der Waals surface area contributed by atoms with Gasteiger partial charge in [-0.05, 0) is 11.6 Å². The number of hydrogen-bond acceptors (Lipinski definition) is 5. The number of benzene rings is 2. The zero-order valence-electron chi connectivity index (χ0n) is 17.7. The minimum atomic E-state index is 0.0737. The monoisotopic (exact) mass is 440 g/mol. The van der Waals surface area contributed by atoms with Crippen molar-refractivity contribution in [1.29, 1.82) is 0 Å². The van der Waals surface area contributed by atoms with Crippen LogP contribution in [0.25, 0.3) is 21.8 Å². The van der Waals surface area contributed by atoms with Gasteiger partial charge >= 0.3 is 0 Å². The maximum atomic E-state index is 13.6. The summed E-state index contributed by atoms with van der Waals surface area (Å²) in [6.07, 6.45) is 3.70. The number of carbonyl (C=O) groups excluding carboxylic acids is 1. The molecular weight excluding hydrogens is 416 g/mol. The Morgan fingerprint density at radius 3 is 2.19 bits per heavy atom. The molecule has 1 fully saturated rings. The molecule has 0 spiro atoms. The fraction of sp³-hybridized carbons (Fsp3) is 0.192. The van der Waals surface area contributed by atoms with Crippen LogP contribution in [0.5, 0.6) is 0 Å². The standard InChI is InChI=1S/C26H24N4OS/c31-26(30-16-14-29(15-17-30)19-20-8-7-13-27-18-20)24-23(21-9-3-1-4-10-21)28-25(32-24)22-11-5-2-6-12-22/h1-13,18H,14-17,19H2. The van der Waals surface area contributed by atoms with Crippen molar-refractivity contribution in [1.82, 2.24) is 19.8 Å². The summed E-state index contributed by atoms with van der Waals surface area (Å²) in [7, 11) is 0. The summed E-state index contributed by atoms with van der Waals surface area (Å²) in [5.74, 6) is 0.0737. The average Bonchev–Trinajstić information content (AvgIpc) is 3.31. The van der Waals surface area contributed by atoms with Crippen LogP contribution >= 0.6 is 11.3 Å². The third kappa shape index (κ3) is 4.47. The minimum absolute atomic E-state index is 0.0737. The third-order valence-corrected chi connectivity index (χ3v) is 6.77. The molecule has 2 aromatic carbocycles. The van der Waals surface area contributed by atoms with Crippen LogP contribution in [-0.4, -0.2) is 51.9 Å². The highest BCUT2D eigenvalue weighted by molar-refractivity contribution is 7.17. The van der Waals surface area contributed by atoms with E-state index in [9.17, 15) is 4.79 Å². The smallest absolute Gasteiger partial charge is 0.266 e. The van der Waals surface area contributed by atoms with Crippen LogP contribution in [0.3, 0.4) is 0 Å². The molecule has 5 rings (SSSR count). The molecule has 0 saturated carbocycles. The Balaban J connectivity index is 1.37. The van der Waals surface area contributed by atoms with Crippen LogP contribution in [0, 0.1) is 0 Å². The molecule has 160 valence electrons. The molecule has 1 aliphatic heterocycles. The first-order valence-electron chi connectivity index (χ1n) is 10.8. The second kappa shape index (κ2) is 9.42. The van der Waals surface area contributed by atoms with Gasteiger partial charge in [-0.15, -0.1) is 11.3 Å². The first-order chi connectivity index (χ1) is 15.8. The highest BCUT2D eigenvalue weighted by Gasteiger charge is 2.27. The van der Waals surface area contributed by atoms with Gasteiger partial charge in [-0.2, -0.15) is 0 Å². The second-order valence-electron chi connectivity index (χ2n) is 7.86. The van der Waals surface area contributed by atoms with E-state index in [4.69, 9.17) is 4.98 Å². The minimum Gasteiger partial charge on any atom is -0.335 e. The van der Waals surface area contributed by atoms with E-state index in [-0.39, 0.29) is 5.91 Å². The molecule has 0 N–H and O–H groups in total. The lowest BCUT2D eigenvalue weighted by Gasteiger charge is -2.34. The van der Waals surface area contributed by atoms with E-state index >= 15 is 0 Å². The molecule has 1 saturated heterocycles. The fourth-order valence-corrected chi connectivity index (χ4v) is 5.02. The lowest BCUT2D eigenvalue weighted by atomic mass is 10.1. The number of pyridine rings is 1. The normalized spacial score (nSPS) is 14.4. The highest BCUT2D eigenvalue weighted by atomic mass is 32.1. The van der Waals surface area contributed by atoms with Crippen LogP contribution in [0.2, 0.25) is 0 Å². The molecule has 6 heteroatoms. The summed E-state index contributed by atoms with van der Waals surface area (Å²) >= 11 is 1.49. The predicted molar refractivity (Wildman–Crippen MR) is 128 cm³/mol. The van der Waals surface area contributed by atoms with Gasteiger partial charge in [0.1, 0.15) is 9.88 Å². The zero-order valence-corrected chi connectivity index (χ0v) is 18.5. The molecule has 2 aromatic heterocycles. The van der Waals surface area contributed by atoms with Crippen molar-refractivity contribution < 1.29 is 4.79 Å². The number of aromatic nitrogens is 2. The lowest BCUT2D eigenvalue weighted by molar-refractivity contribution is 0.0633. The number of amides is 1. The van der Waals surface area contributed by atoms with Crippen molar-refractivity contribution in [3.8, 4) is 21.8 Å². The molecule has 0 bridgehead atoms. The topological polar surface area (TPSA) is 49.3 Å². The number of rotatable bonds is 5. The van der Waals surface area contributed by atoms with E-state index in [1.54, 1.807) is 6.20 Å². The molecular formula is C26H24N4OS. The van der Waals surface area contributed by atoms with Crippen LogP contribution in [0.4, 0.5) is 0 Å². The zero-order chi connectivity index (χ0) is 21.8. The quantitative estimate of drug-likeness (QED) is 0.446. The van der Waals surface area contributed by atoms with Crippen molar-refractivity contribution in [2.75, 3.05) is 26.2 Å². The van der Waals surface area contributed by atoms with Gasteiger partial charge < -0.3 is 4.90 Å². The van der Waals surface area contributed by atoms with Crippen molar-refractivity contribution >= 4 is 17.2 Å². The molecule has 0 radical (unpaired) electrons. The predicted octanol–water partition coefficient (Wildman–Crippen LogP) is 4.83. The Bertz CT molecular complexity index is 1170.